The molecule has 0 unspecified atom stereocenters. The predicted octanol–water partition coefficient (Wildman–Crippen LogP) is 2.78. The van der Waals surface area contributed by atoms with Gasteiger partial charge in [0.05, 0.1) is 26.6 Å². The number of benzene rings is 1. The number of aromatic amines is 1. The maximum atomic E-state index is 12.9. The number of rotatable bonds is 9. The van der Waals surface area contributed by atoms with Crippen molar-refractivity contribution in [1.82, 2.24) is 25.2 Å². The molecule has 10 nitrogen and oxygen atoms in total. The molecule has 11 heteroatoms. The molecule has 0 saturated carbocycles. The summed E-state index contributed by atoms with van der Waals surface area (Å²) in [6.07, 6.45) is 0. The Hall–Kier alpha value is -3.34. The fraction of sp³-hybridized carbons (Fsp3) is 0.350. The lowest BCUT2D eigenvalue weighted by atomic mass is 10.1. The van der Waals surface area contributed by atoms with E-state index < -0.39 is 5.97 Å². The van der Waals surface area contributed by atoms with Gasteiger partial charge in [0.2, 0.25) is 5.16 Å². The average Bonchev–Trinajstić information content (AvgIpc) is 3.35. The molecule has 0 aliphatic carbocycles. The molecule has 0 saturated heterocycles. The van der Waals surface area contributed by atoms with Gasteiger partial charge in [-0.2, -0.15) is 4.68 Å². The highest BCUT2D eigenvalue weighted by Crippen LogP contribution is 2.30. The van der Waals surface area contributed by atoms with Gasteiger partial charge in [-0.15, -0.1) is 5.10 Å². The van der Waals surface area contributed by atoms with Crippen LogP contribution >= 0.6 is 11.8 Å². The standard InChI is InChI=1S/C20H23N5O5S/c1-6-30-19(27)18-11(2)17(12(3)21-18)15(26)10-31-20-22-23-24-25(20)14-9-13(28-4)7-8-16(14)29-5/h7-9,21H,6,10H2,1-5H3. The first-order valence-electron chi connectivity index (χ1n) is 9.44. The quantitative estimate of drug-likeness (QED) is 0.301. The minimum absolute atomic E-state index is 0.0778. The first-order chi connectivity index (χ1) is 14.9. The van der Waals surface area contributed by atoms with Crippen LogP contribution in [-0.4, -0.2) is 63.5 Å². The van der Waals surface area contributed by atoms with Crippen molar-refractivity contribution in [2.75, 3.05) is 26.6 Å². The molecule has 0 spiro atoms. The number of tetrazole rings is 1. The third kappa shape index (κ3) is 4.55. The highest BCUT2D eigenvalue weighted by atomic mass is 32.2. The summed E-state index contributed by atoms with van der Waals surface area (Å²) in [5.74, 6) is 0.609. The third-order valence-corrected chi connectivity index (χ3v) is 5.50. The summed E-state index contributed by atoms with van der Waals surface area (Å²) in [5, 5.41) is 12.2. The van der Waals surface area contributed by atoms with Crippen LogP contribution in [0.2, 0.25) is 0 Å². The van der Waals surface area contributed by atoms with Crippen molar-refractivity contribution < 1.29 is 23.8 Å². The van der Waals surface area contributed by atoms with Gasteiger partial charge < -0.3 is 19.2 Å². The Balaban J connectivity index is 1.83. The van der Waals surface area contributed by atoms with Crippen molar-refractivity contribution in [3.63, 3.8) is 0 Å². The monoisotopic (exact) mass is 445 g/mol. The molecule has 1 N–H and O–H groups in total. The number of carbonyl (C=O) groups excluding carboxylic acids is 2. The number of hydrogen-bond donors (Lipinski definition) is 1. The van der Waals surface area contributed by atoms with Gasteiger partial charge in [-0.1, -0.05) is 11.8 Å². The number of nitrogens with one attached hydrogen (secondary N) is 1. The van der Waals surface area contributed by atoms with Crippen LogP contribution in [0.25, 0.3) is 5.69 Å². The second kappa shape index (κ2) is 9.65. The number of hydrogen-bond acceptors (Lipinski definition) is 9. The fourth-order valence-electron chi connectivity index (χ4n) is 3.16. The number of esters is 1. The summed E-state index contributed by atoms with van der Waals surface area (Å²) in [6.45, 7) is 5.46. The lowest BCUT2D eigenvalue weighted by molar-refractivity contribution is 0.0519. The van der Waals surface area contributed by atoms with E-state index in [1.54, 1.807) is 53.2 Å². The summed E-state index contributed by atoms with van der Waals surface area (Å²) >= 11 is 1.18. The average molecular weight is 446 g/mol. The normalized spacial score (nSPS) is 10.7. The van der Waals surface area contributed by atoms with E-state index in [0.717, 1.165) is 0 Å². The SMILES string of the molecule is CCOC(=O)c1[nH]c(C)c(C(=O)CSc2nnnn2-c2cc(OC)ccc2OC)c1C. The van der Waals surface area contributed by atoms with Crippen molar-refractivity contribution in [2.45, 2.75) is 25.9 Å². The minimum atomic E-state index is -0.483. The Kier molecular flexibility index (Phi) is 6.95. The van der Waals surface area contributed by atoms with E-state index in [0.29, 0.717) is 44.9 Å². The smallest absolute Gasteiger partial charge is 0.355 e. The molecule has 2 heterocycles. The van der Waals surface area contributed by atoms with E-state index in [1.807, 2.05) is 0 Å². The Labute approximate surface area is 183 Å². The van der Waals surface area contributed by atoms with E-state index in [1.165, 1.54) is 16.4 Å². The van der Waals surface area contributed by atoms with Gasteiger partial charge in [-0.3, -0.25) is 4.79 Å². The topological polar surface area (TPSA) is 121 Å². The van der Waals surface area contributed by atoms with Crippen LogP contribution in [0.5, 0.6) is 11.5 Å². The molecule has 0 aliphatic heterocycles. The van der Waals surface area contributed by atoms with Gasteiger partial charge in [-0.05, 0) is 48.9 Å². The lowest BCUT2D eigenvalue weighted by Gasteiger charge is -2.11. The molecular weight excluding hydrogens is 422 g/mol. The first kappa shape index (κ1) is 22.3. The van der Waals surface area contributed by atoms with Gasteiger partial charge in [0.1, 0.15) is 22.9 Å². The minimum Gasteiger partial charge on any atom is -0.497 e. The molecule has 0 aliphatic rings. The maximum absolute atomic E-state index is 12.9. The van der Waals surface area contributed by atoms with Crippen molar-refractivity contribution in [3.8, 4) is 17.2 Å². The van der Waals surface area contributed by atoms with Gasteiger partial charge in [-0.25, -0.2) is 4.79 Å². The number of ether oxygens (including phenoxy) is 3. The van der Waals surface area contributed by atoms with Crippen molar-refractivity contribution in [3.05, 3.63) is 40.7 Å². The van der Waals surface area contributed by atoms with Gasteiger partial charge in [0.15, 0.2) is 5.78 Å². The number of methoxy groups -OCH3 is 2. The predicted molar refractivity (Wildman–Crippen MR) is 114 cm³/mol. The van der Waals surface area contributed by atoms with Gasteiger partial charge in [0.25, 0.3) is 0 Å². The van der Waals surface area contributed by atoms with E-state index in [2.05, 4.69) is 20.5 Å². The van der Waals surface area contributed by atoms with Crippen molar-refractivity contribution >= 4 is 23.5 Å². The Bertz CT molecular complexity index is 1110. The molecule has 0 amide bonds. The molecular formula is C20H23N5O5S. The Morgan fingerprint density at radius 2 is 1.97 bits per heavy atom. The first-order valence-corrected chi connectivity index (χ1v) is 10.4. The molecule has 0 radical (unpaired) electrons. The number of ketones is 1. The van der Waals surface area contributed by atoms with Crippen molar-refractivity contribution in [2.24, 2.45) is 0 Å². The van der Waals surface area contributed by atoms with E-state index in [9.17, 15) is 9.59 Å². The van der Waals surface area contributed by atoms with E-state index in [-0.39, 0.29) is 18.1 Å². The molecule has 31 heavy (non-hydrogen) atoms. The second-order valence-corrected chi connectivity index (χ2v) is 7.41. The lowest BCUT2D eigenvalue weighted by Crippen LogP contribution is -2.09. The largest absolute Gasteiger partial charge is 0.497 e. The second-order valence-electron chi connectivity index (χ2n) is 6.47. The third-order valence-electron chi connectivity index (χ3n) is 4.58. The molecule has 1 aromatic carbocycles. The summed E-state index contributed by atoms with van der Waals surface area (Å²) in [6, 6.07) is 5.26. The number of Topliss-reactive ketones (excluding diaryl/α,β-unsaturated/α-hetero) is 1. The Morgan fingerprint density at radius 1 is 1.19 bits per heavy atom. The van der Waals surface area contributed by atoms with Crippen LogP contribution in [0.1, 0.15) is 39.0 Å². The Morgan fingerprint density at radius 3 is 2.65 bits per heavy atom. The zero-order valence-corrected chi connectivity index (χ0v) is 18.7. The molecule has 164 valence electrons. The zero-order valence-electron chi connectivity index (χ0n) is 17.9. The summed E-state index contributed by atoms with van der Waals surface area (Å²) < 4.78 is 17.2. The van der Waals surface area contributed by atoms with Crippen LogP contribution in [0.15, 0.2) is 23.4 Å². The molecule has 3 aromatic rings. The van der Waals surface area contributed by atoms with Crippen LogP contribution in [0, 0.1) is 13.8 Å². The summed E-state index contributed by atoms with van der Waals surface area (Å²) in [7, 11) is 3.11. The number of H-pyrrole nitrogens is 1. The highest BCUT2D eigenvalue weighted by Gasteiger charge is 2.24. The molecule has 3 rings (SSSR count). The van der Waals surface area contributed by atoms with Crippen LogP contribution < -0.4 is 9.47 Å². The summed E-state index contributed by atoms with van der Waals surface area (Å²) in [4.78, 5) is 28.0. The number of carbonyl (C=O) groups is 2. The summed E-state index contributed by atoms with van der Waals surface area (Å²) in [5.41, 5.74) is 2.52. The van der Waals surface area contributed by atoms with Gasteiger partial charge >= 0.3 is 5.97 Å². The number of nitrogens with zero attached hydrogens (tertiary/aromatic N) is 4. The van der Waals surface area contributed by atoms with E-state index in [4.69, 9.17) is 14.2 Å². The molecule has 0 atom stereocenters. The van der Waals surface area contributed by atoms with E-state index >= 15 is 0 Å². The van der Waals surface area contributed by atoms with Crippen molar-refractivity contribution in [1.29, 1.82) is 0 Å². The van der Waals surface area contributed by atoms with Gasteiger partial charge in [0, 0.05) is 17.3 Å². The number of thioether (sulfide) groups is 1. The molecule has 0 fully saturated rings. The van der Waals surface area contributed by atoms with Crippen LogP contribution in [-0.2, 0) is 4.74 Å². The maximum Gasteiger partial charge on any atom is 0.355 e. The van der Waals surface area contributed by atoms with Crippen LogP contribution in [0.4, 0.5) is 0 Å². The molecule has 2 aromatic heterocycles. The number of aryl methyl sites for hydroxylation is 1. The highest BCUT2D eigenvalue weighted by molar-refractivity contribution is 7.99. The van der Waals surface area contributed by atoms with Crippen LogP contribution in [0.3, 0.4) is 0 Å². The number of aromatic nitrogens is 5. The zero-order chi connectivity index (χ0) is 22.5. The molecule has 0 bridgehead atoms. The fourth-order valence-corrected chi connectivity index (χ4v) is 3.92.